The van der Waals surface area contributed by atoms with Crippen LogP contribution in [0, 0.1) is 0 Å². The second kappa shape index (κ2) is 8.02. The number of hydrogen-bond acceptors (Lipinski definition) is 6. The third-order valence-electron chi connectivity index (χ3n) is 4.19. The van der Waals surface area contributed by atoms with Crippen LogP contribution in [0.25, 0.3) is 0 Å². The van der Waals surface area contributed by atoms with Crippen molar-refractivity contribution in [3.8, 4) is 0 Å². The zero-order chi connectivity index (χ0) is 17.6. The lowest BCUT2D eigenvalue weighted by Gasteiger charge is -2.25. The zero-order valence-electron chi connectivity index (χ0n) is 14.6. The summed E-state index contributed by atoms with van der Waals surface area (Å²) in [6.45, 7) is 1.82. The summed E-state index contributed by atoms with van der Waals surface area (Å²) in [5.41, 5.74) is 1.37. The van der Waals surface area contributed by atoms with Gasteiger partial charge in [-0.05, 0) is 42.7 Å². The van der Waals surface area contributed by atoms with Gasteiger partial charge in [0.15, 0.2) is 11.5 Å². The van der Waals surface area contributed by atoms with E-state index in [4.69, 9.17) is 4.74 Å². The molecule has 3 heterocycles. The maximum absolute atomic E-state index is 13.0. The van der Waals surface area contributed by atoms with Crippen LogP contribution in [-0.4, -0.2) is 59.3 Å². The molecular weight excluding hydrogens is 318 g/mol. The Bertz CT molecular complexity index is 684. The second-order valence-corrected chi connectivity index (χ2v) is 6.35. The number of rotatable bonds is 6. The van der Waals surface area contributed by atoms with E-state index < -0.39 is 0 Å². The van der Waals surface area contributed by atoms with Crippen molar-refractivity contribution in [2.75, 3.05) is 32.1 Å². The van der Waals surface area contributed by atoms with Gasteiger partial charge in [0.1, 0.15) is 0 Å². The van der Waals surface area contributed by atoms with E-state index in [9.17, 15) is 4.79 Å². The van der Waals surface area contributed by atoms with E-state index in [2.05, 4.69) is 15.2 Å². The van der Waals surface area contributed by atoms with E-state index in [1.165, 1.54) is 0 Å². The Morgan fingerprint density at radius 1 is 1.20 bits per heavy atom. The van der Waals surface area contributed by atoms with E-state index >= 15 is 0 Å². The predicted molar refractivity (Wildman–Crippen MR) is 94.3 cm³/mol. The highest BCUT2D eigenvalue weighted by molar-refractivity contribution is 5.92. The van der Waals surface area contributed by atoms with Crippen LogP contribution in [0.1, 0.15) is 28.9 Å². The van der Waals surface area contributed by atoms with Crippen LogP contribution in [-0.2, 0) is 11.3 Å². The molecule has 25 heavy (non-hydrogen) atoms. The standard InChI is InChI=1S/C18H23N5O2/c1-22(2)17-6-5-16(20-21-17)18(24)23(13-15-4-3-11-25-15)12-14-7-9-19-10-8-14/h5-10,15H,3-4,11-13H2,1-2H3/t15-/m0/s1. The maximum atomic E-state index is 13.0. The van der Waals surface area contributed by atoms with E-state index in [-0.39, 0.29) is 12.0 Å². The third kappa shape index (κ3) is 4.51. The number of anilines is 1. The molecule has 0 spiro atoms. The van der Waals surface area contributed by atoms with Gasteiger partial charge >= 0.3 is 0 Å². The fraction of sp³-hybridized carbons (Fsp3) is 0.444. The molecule has 7 nitrogen and oxygen atoms in total. The average molecular weight is 341 g/mol. The van der Waals surface area contributed by atoms with Gasteiger partial charge in [-0.1, -0.05) is 0 Å². The van der Waals surface area contributed by atoms with Crippen LogP contribution >= 0.6 is 0 Å². The van der Waals surface area contributed by atoms with Crippen molar-refractivity contribution in [1.82, 2.24) is 20.1 Å². The minimum absolute atomic E-state index is 0.0831. The number of carbonyl (C=O) groups excluding carboxylic acids is 1. The number of hydrogen-bond donors (Lipinski definition) is 0. The summed E-state index contributed by atoms with van der Waals surface area (Å²) in [5, 5.41) is 8.21. The molecule has 2 aromatic heterocycles. The molecule has 7 heteroatoms. The molecule has 132 valence electrons. The molecule has 0 N–H and O–H groups in total. The Morgan fingerprint density at radius 3 is 2.60 bits per heavy atom. The molecule has 0 aliphatic carbocycles. The minimum atomic E-state index is -0.134. The SMILES string of the molecule is CN(C)c1ccc(C(=O)N(Cc2ccncc2)C[C@@H]2CCCO2)nn1. The monoisotopic (exact) mass is 341 g/mol. The van der Waals surface area contributed by atoms with Crippen molar-refractivity contribution in [3.05, 3.63) is 47.9 Å². The van der Waals surface area contributed by atoms with Crippen LogP contribution in [0.5, 0.6) is 0 Å². The highest BCUT2D eigenvalue weighted by Gasteiger charge is 2.24. The second-order valence-electron chi connectivity index (χ2n) is 6.35. The van der Waals surface area contributed by atoms with Crippen molar-refractivity contribution in [3.63, 3.8) is 0 Å². The molecule has 2 aromatic rings. The molecule has 1 fully saturated rings. The average Bonchev–Trinajstić information content (AvgIpc) is 3.14. The fourth-order valence-electron chi connectivity index (χ4n) is 2.80. The van der Waals surface area contributed by atoms with Gasteiger partial charge in [0.25, 0.3) is 5.91 Å². The first-order chi connectivity index (χ1) is 12.1. The summed E-state index contributed by atoms with van der Waals surface area (Å²) in [5.74, 6) is 0.585. The van der Waals surface area contributed by atoms with Gasteiger partial charge in [-0.2, -0.15) is 0 Å². The molecule has 1 aliphatic rings. The smallest absolute Gasteiger partial charge is 0.274 e. The highest BCUT2D eigenvalue weighted by Crippen LogP contribution is 2.17. The number of ether oxygens (including phenoxy) is 1. The van der Waals surface area contributed by atoms with E-state index in [1.54, 1.807) is 29.4 Å². The summed E-state index contributed by atoms with van der Waals surface area (Å²) >= 11 is 0. The first-order valence-electron chi connectivity index (χ1n) is 8.44. The Balaban J connectivity index is 1.77. The highest BCUT2D eigenvalue weighted by atomic mass is 16.5. The topological polar surface area (TPSA) is 71.5 Å². The summed E-state index contributed by atoms with van der Waals surface area (Å²) in [6, 6.07) is 7.35. The van der Waals surface area contributed by atoms with Crippen LogP contribution in [0.4, 0.5) is 5.82 Å². The summed E-state index contributed by atoms with van der Waals surface area (Å²) in [6.07, 6.45) is 5.57. The lowest BCUT2D eigenvalue weighted by atomic mass is 10.2. The number of pyridine rings is 1. The molecule has 0 unspecified atom stereocenters. The molecule has 1 saturated heterocycles. The number of carbonyl (C=O) groups is 1. The van der Waals surface area contributed by atoms with Crippen LogP contribution in [0.15, 0.2) is 36.7 Å². The molecule has 0 radical (unpaired) electrons. The molecule has 1 amide bonds. The summed E-state index contributed by atoms with van der Waals surface area (Å²) in [4.78, 5) is 20.6. The van der Waals surface area contributed by atoms with Gasteiger partial charge in [0.05, 0.1) is 6.10 Å². The number of aromatic nitrogens is 3. The first kappa shape index (κ1) is 17.3. The van der Waals surface area contributed by atoms with Crippen LogP contribution in [0.2, 0.25) is 0 Å². The van der Waals surface area contributed by atoms with Gasteiger partial charge in [-0.25, -0.2) is 0 Å². The van der Waals surface area contributed by atoms with Crippen LogP contribution < -0.4 is 4.90 Å². The van der Waals surface area contributed by atoms with Crippen molar-refractivity contribution >= 4 is 11.7 Å². The number of nitrogens with zero attached hydrogens (tertiary/aromatic N) is 5. The summed E-state index contributed by atoms with van der Waals surface area (Å²) < 4.78 is 5.71. The van der Waals surface area contributed by atoms with Crippen molar-refractivity contribution in [1.29, 1.82) is 0 Å². The van der Waals surface area contributed by atoms with Gasteiger partial charge in [-0.3, -0.25) is 9.78 Å². The fourth-order valence-corrected chi connectivity index (χ4v) is 2.80. The molecule has 0 aromatic carbocycles. The Morgan fingerprint density at radius 2 is 2.00 bits per heavy atom. The van der Waals surface area contributed by atoms with Crippen molar-refractivity contribution < 1.29 is 9.53 Å². The van der Waals surface area contributed by atoms with Gasteiger partial charge < -0.3 is 14.5 Å². The number of amides is 1. The Labute approximate surface area is 147 Å². The van der Waals surface area contributed by atoms with E-state index in [0.29, 0.717) is 18.8 Å². The molecule has 1 atom stereocenters. The van der Waals surface area contributed by atoms with E-state index in [1.807, 2.05) is 31.1 Å². The molecule has 1 aliphatic heterocycles. The lowest BCUT2D eigenvalue weighted by molar-refractivity contribution is 0.0502. The van der Waals surface area contributed by atoms with Gasteiger partial charge in [-0.15, -0.1) is 10.2 Å². The molecule has 0 bridgehead atoms. The normalized spacial score (nSPS) is 16.6. The van der Waals surface area contributed by atoms with Crippen molar-refractivity contribution in [2.45, 2.75) is 25.5 Å². The predicted octanol–water partition coefficient (Wildman–Crippen LogP) is 1.76. The van der Waals surface area contributed by atoms with Crippen molar-refractivity contribution in [2.24, 2.45) is 0 Å². The largest absolute Gasteiger partial charge is 0.376 e. The molecular formula is C18H23N5O2. The minimum Gasteiger partial charge on any atom is -0.376 e. The molecule has 0 saturated carbocycles. The first-order valence-corrected chi connectivity index (χ1v) is 8.44. The van der Waals surface area contributed by atoms with Crippen LogP contribution in [0.3, 0.4) is 0 Å². The third-order valence-corrected chi connectivity index (χ3v) is 4.19. The van der Waals surface area contributed by atoms with Gasteiger partial charge in [0.2, 0.25) is 0 Å². The maximum Gasteiger partial charge on any atom is 0.274 e. The Hall–Kier alpha value is -2.54. The molecule has 3 rings (SSSR count). The zero-order valence-corrected chi connectivity index (χ0v) is 14.6. The quantitative estimate of drug-likeness (QED) is 0.797. The lowest BCUT2D eigenvalue weighted by Crippen LogP contribution is -2.37. The van der Waals surface area contributed by atoms with E-state index in [0.717, 1.165) is 30.8 Å². The van der Waals surface area contributed by atoms with Gasteiger partial charge in [0, 0.05) is 46.2 Å². The Kier molecular flexibility index (Phi) is 5.55. The summed E-state index contributed by atoms with van der Waals surface area (Å²) in [7, 11) is 3.78.